The monoisotopic (exact) mass is 638 g/mol. The largest absolute Gasteiger partial charge is 0.493 e. The van der Waals surface area contributed by atoms with Crippen molar-refractivity contribution in [1.29, 1.82) is 0 Å². The Morgan fingerprint density at radius 3 is 2.45 bits per heavy atom. The Kier molecular flexibility index (Phi) is 9.52. The predicted molar refractivity (Wildman–Crippen MR) is 185 cm³/mol. The van der Waals surface area contributed by atoms with Gasteiger partial charge in [0.15, 0.2) is 11.5 Å². The molecule has 7 nitrogen and oxygen atoms in total. The summed E-state index contributed by atoms with van der Waals surface area (Å²) < 4.78 is 18.0. The van der Waals surface area contributed by atoms with Crippen LogP contribution >= 0.6 is 0 Å². The van der Waals surface area contributed by atoms with Crippen LogP contribution in [0.15, 0.2) is 84.9 Å². The summed E-state index contributed by atoms with van der Waals surface area (Å²) in [5.74, 6) is 2.07. The van der Waals surface area contributed by atoms with Crippen molar-refractivity contribution in [2.75, 3.05) is 41.3 Å². The van der Waals surface area contributed by atoms with Crippen LogP contribution in [-0.2, 0) is 33.4 Å². The van der Waals surface area contributed by atoms with Crippen molar-refractivity contribution in [3.8, 4) is 11.5 Å². The molecule has 250 valence electrons. The van der Waals surface area contributed by atoms with Crippen molar-refractivity contribution in [3.05, 3.63) is 107 Å². The van der Waals surface area contributed by atoms with E-state index >= 15 is 0 Å². The molecular weight excluding hydrogens is 588 g/mol. The second-order valence-electron chi connectivity index (χ2n) is 14.0. The SMILES string of the molecule is CCC(=O)O[C@](Cc1ccccc1)(c1ccccc1)[C@H](C)CN(C)C.COc1ccc2c3c1O[C@H]1[C@@H](O)C=C[C@H]4[C@@H](C2)N(C)CC[C@@]341. The summed E-state index contributed by atoms with van der Waals surface area (Å²) in [6.07, 6.45) is 6.57. The molecule has 4 aliphatic rings. The van der Waals surface area contributed by atoms with E-state index in [1.807, 2.05) is 55.5 Å². The topological polar surface area (TPSA) is 71.5 Å². The molecule has 0 aromatic heterocycles. The van der Waals surface area contributed by atoms with E-state index in [9.17, 15) is 9.90 Å². The zero-order chi connectivity index (χ0) is 33.3. The van der Waals surface area contributed by atoms with Gasteiger partial charge in [-0.05, 0) is 63.3 Å². The van der Waals surface area contributed by atoms with Crippen molar-refractivity contribution in [2.45, 2.75) is 68.8 Å². The number of methoxy groups -OCH3 is 1. The maximum Gasteiger partial charge on any atom is 0.306 e. The summed E-state index contributed by atoms with van der Waals surface area (Å²) in [6.45, 7) is 5.90. The first-order valence-electron chi connectivity index (χ1n) is 17.0. The number of carbonyl (C=O) groups is 1. The van der Waals surface area contributed by atoms with Crippen LogP contribution in [0.25, 0.3) is 0 Å². The molecule has 7 rings (SSSR count). The summed E-state index contributed by atoms with van der Waals surface area (Å²) in [7, 11) is 8.01. The number of esters is 1. The van der Waals surface area contributed by atoms with Gasteiger partial charge in [-0.3, -0.25) is 4.79 Å². The van der Waals surface area contributed by atoms with Gasteiger partial charge in [-0.1, -0.05) is 92.7 Å². The first-order valence-corrected chi connectivity index (χ1v) is 17.0. The molecule has 7 atom stereocenters. The van der Waals surface area contributed by atoms with Crippen LogP contribution in [0.1, 0.15) is 48.9 Å². The lowest BCUT2D eigenvalue weighted by atomic mass is 9.53. The smallest absolute Gasteiger partial charge is 0.306 e. The number of aliphatic hydroxyl groups is 1. The molecule has 47 heavy (non-hydrogen) atoms. The fourth-order valence-corrected chi connectivity index (χ4v) is 8.74. The van der Waals surface area contributed by atoms with E-state index in [2.05, 4.69) is 74.3 Å². The summed E-state index contributed by atoms with van der Waals surface area (Å²) >= 11 is 0. The number of hydrogen-bond acceptors (Lipinski definition) is 7. The Balaban J connectivity index is 0.000000165. The number of rotatable bonds is 9. The summed E-state index contributed by atoms with van der Waals surface area (Å²) in [5, 5.41) is 10.6. The molecule has 0 radical (unpaired) electrons. The first-order chi connectivity index (χ1) is 22.6. The average Bonchev–Trinajstić information content (AvgIpc) is 3.43. The number of nitrogens with zero attached hydrogens (tertiary/aromatic N) is 2. The summed E-state index contributed by atoms with van der Waals surface area (Å²) in [5.41, 5.74) is 4.14. The van der Waals surface area contributed by atoms with E-state index in [-0.39, 0.29) is 23.4 Å². The number of piperidine rings is 1. The Hall–Kier alpha value is -3.65. The van der Waals surface area contributed by atoms with Crippen LogP contribution in [0.3, 0.4) is 0 Å². The number of ether oxygens (including phenoxy) is 3. The highest BCUT2D eigenvalue weighted by molar-refractivity contribution is 5.70. The quantitative estimate of drug-likeness (QED) is 0.236. The minimum absolute atomic E-state index is 0.0806. The lowest BCUT2D eigenvalue weighted by Crippen LogP contribution is -2.64. The Bertz CT molecular complexity index is 1580. The molecule has 2 bridgehead atoms. The molecule has 0 saturated carbocycles. The van der Waals surface area contributed by atoms with Gasteiger partial charge in [0.2, 0.25) is 0 Å². The number of likely N-dealkylation sites (tertiary alicyclic amines) is 1. The number of carbonyl (C=O) groups excluding carboxylic acids is 1. The third-order valence-electron chi connectivity index (χ3n) is 10.9. The van der Waals surface area contributed by atoms with Crippen LogP contribution in [0.2, 0.25) is 0 Å². The van der Waals surface area contributed by atoms with Gasteiger partial charge in [0, 0.05) is 48.2 Å². The van der Waals surface area contributed by atoms with E-state index < -0.39 is 11.7 Å². The fourth-order valence-electron chi connectivity index (χ4n) is 8.74. The van der Waals surface area contributed by atoms with Gasteiger partial charge in [0.1, 0.15) is 17.8 Å². The Morgan fingerprint density at radius 1 is 1.09 bits per heavy atom. The lowest BCUT2D eigenvalue weighted by molar-refractivity contribution is -0.168. The van der Waals surface area contributed by atoms with Crippen LogP contribution in [0.5, 0.6) is 11.5 Å². The molecule has 1 spiro atoms. The maximum atomic E-state index is 12.3. The van der Waals surface area contributed by atoms with Crippen molar-refractivity contribution < 1.29 is 24.1 Å². The van der Waals surface area contributed by atoms with Crippen molar-refractivity contribution in [2.24, 2.45) is 11.8 Å². The molecule has 3 aromatic carbocycles. The van der Waals surface area contributed by atoms with Crippen molar-refractivity contribution in [3.63, 3.8) is 0 Å². The van der Waals surface area contributed by atoms with Gasteiger partial charge < -0.3 is 29.1 Å². The van der Waals surface area contributed by atoms with Gasteiger partial charge in [-0.25, -0.2) is 0 Å². The molecule has 2 heterocycles. The second kappa shape index (κ2) is 13.5. The predicted octanol–water partition coefficient (Wildman–Crippen LogP) is 5.78. The normalized spacial score (nSPS) is 27.1. The highest BCUT2D eigenvalue weighted by Crippen LogP contribution is 2.62. The van der Waals surface area contributed by atoms with E-state index in [1.54, 1.807) is 7.11 Å². The third kappa shape index (κ3) is 5.87. The van der Waals surface area contributed by atoms with Gasteiger partial charge in [-0.15, -0.1) is 0 Å². The number of benzene rings is 3. The average molecular weight is 639 g/mol. The minimum Gasteiger partial charge on any atom is -0.493 e. The molecule has 7 heteroatoms. The number of aliphatic hydroxyl groups excluding tert-OH is 1. The van der Waals surface area contributed by atoms with Gasteiger partial charge in [-0.2, -0.15) is 0 Å². The maximum absolute atomic E-state index is 12.3. The van der Waals surface area contributed by atoms with E-state index in [0.717, 1.165) is 43.0 Å². The van der Waals surface area contributed by atoms with Crippen LogP contribution < -0.4 is 9.47 Å². The molecule has 1 N–H and O–H groups in total. The van der Waals surface area contributed by atoms with Crippen LogP contribution in [0.4, 0.5) is 0 Å². The zero-order valence-corrected chi connectivity index (χ0v) is 28.7. The fraction of sp³-hybridized carbons (Fsp3) is 0.475. The molecule has 0 amide bonds. The lowest BCUT2D eigenvalue weighted by Gasteiger charge is -2.56. The first kappa shape index (κ1) is 33.3. The van der Waals surface area contributed by atoms with Crippen LogP contribution in [0, 0.1) is 11.8 Å². The standard InChI is InChI=1S/C22H29NO2.C18H21NO3/c1-5-21(24)25-22(18(2)17-23(3)4,20-14-10-7-11-15-20)16-19-12-8-6-9-13-19;1-19-8-7-18-11-4-5-13(20)17(18)22-16-14(21-2)6-3-10(15(16)18)9-12(11)19/h6-15,18H,5,16-17H2,1-4H3;3-6,11-13,17,20H,7-9H2,1-2H3/t18-,22+;11-,12+,13-,17-,18-/m10/s1. The highest BCUT2D eigenvalue weighted by Gasteiger charge is 2.64. The van der Waals surface area contributed by atoms with E-state index in [1.165, 1.54) is 16.7 Å². The molecule has 2 aliphatic carbocycles. The number of hydrogen-bond donors (Lipinski definition) is 1. The zero-order valence-electron chi connectivity index (χ0n) is 28.7. The molecule has 0 unspecified atom stereocenters. The molecular formula is C40H50N2O5. The molecule has 1 fully saturated rings. The molecule has 2 aliphatic heterocycles. The summed E-state index contributed by atoms with van der Waals surface area (Å²) in [4.78, 5) is 17.0. The Morgan fingerprint density at radius 2 is 1.79 bits per heavy atom. The van der Waals surface area contributed by atoms with E-state index in [4.69, 9.17) is 14.2 Å². The highest BCUT2D eigenvalue weighted by atomic mass is 16.6. The van der Waals surface area contributed by atoms with Crippen molar-refractivity contribution >= 4 is 5.97 Å². The van der Waals surface area contributed by atoms with Gasteiger partial charge >= 0.3 is 5.97 Å². The number of likely N-dealkylation sites (N-methyl/N-ethyl adjacent to an activating group) is 1. The Labute approximate surface area is 280 Å². The third-order valence-corrected chi connectivity index (χ3v) is 10.9. The molecule has 1 saturated heterocycles. The van der Waals surface area contributed by atoms with Gasteiger partial charge in [0.25, 0.3) is 0 Å². The second-order valence-corrected chi connectivity index (χ2v) is 14.0. The molecule has 3 aromatic rings. The van der Waals surface area contributed by atoms with Crippen LogP contribution in [-0.4, -0.2) is 80.5 Å². The van der Waals surface area contributed by atoms with Crippen molar-refractivity contribution in [1.82, 2.24) is 9.80 Å². The minimum atomic E-state index is -0.681. The van der Waals surface area contributed by atoms with E-state index in [0.29, 0.717) is 24.8 Å². The van der Waals surface area contributed by atoms with Gasteiger partial charge in [0.05, 0.1) is 7.11 Å². The summed E-state index contributed by atoms with van der Waals surface area (Å²) in [6, 6.07) is 25.1.